The molecule has 0 aromatic heterocycles. The van der Waals surface area contributed by atoms with Gasteiger partial charge in [-0.3, -0.25) is 4.79 Å². The van der Waals surface area contributed by atoms with Gasteiger partial charge in [0.1, 0.15) is 12.2 Å². The van der Waals surface area contributed by atoms with Gasteiger partial charge in [0.05, 0.1) is 5.56 Å². The van der Waals surface area contributed by atoms with Gasteiger partial charge in [-0.25, -0.2) is 0 Å². The lowest BCUT2D eigenvalue weighted by molar-refractivity contribution is -0.137. The molecule has 1 heterocycles. The number of fused-ring (bicyclic) bond motifs is 1. The highest BCUT2D eigenvalue weighted by molar-refractivity contribution is 6.04. The molecule has 0 bridgehead atoms. The van der Waals surface area contributed by atoms with Crippen LogP contribution >= 0.6 is 0 Å². The number of hydrogen-bond donors (Lipinski definition) is 1. The Kier molecular flexibility index (Phi) is 5.59. The molecule has 0 aliphatic carbocycles. The Balaban J connectivity index is 1.39. The third kappa shape index (κ3) is 4.88. The highest BCUT2D eigenvalue weighted by Gasteiger charge is 2.32. The lowest BCUT2D eigenvalue weighted by atomic mass is 10.0. The van der Waals surface area contributed by atoms with Gasteiger partial charge in [-0.05, 0) is 55.8 Å². The Morgan fingerprint density at radius 1 is 1.06 bits per heavy atom. The minimum absolute atomic E-state index is 0.0816. The van der Waals surface area contributed by atoms with E-state index in [2.05, 4.69) is 5.32 Å². The second-order valence-electron chi connectivity index (χ2n) is 8.30. The third-order valence-corrected chi connectivity index (χ3v) is 5.11. The van der Waals surface area contributed by atoms with E-state index in [4.69, 9.17) is 9.47 Å². The largest absolute Gasteiger partial charge is 0.485 e. The van der Waals surface area contributed by atoms with Gasteiger partial charge in [0.15, 0.2) is 11.5 Å². The lowest BCUT2D eigenvalue weighted by Gasteiger charge is -2.18. The second kappa shape index (κ2) is 8.22. The number of alkyl halides is 3. The van der Waals surface area contributed by atoms with Crippen molar-refractivity contribution >= 4 is 11.6 Å². The topological polar surface area (TPSA) is 47.6 Å². The summed E-state index contributed by atoms with van der Waals surface area (Å²) < 4.78 is 50.5. The SMILES string of the molecule is CC1(C)Cc2cccc(OCc3ccc(C(=O)Nc4cccc(C(F)(F)F)c4)cc3)c2O1. The smallest absolute Gasteiger partial charge is 0.416 e. The maximum atomic E-state index is 12.8. The Labute approximate surface area is 184 Å². The highest BCUT2D eigenvalue weighted by atomic mass is 19.4. The molecule has 0 saturated heterocycles. The van der Waals surface area contributed by atoms with E-state index < -0.39 is 17.6 Å². The first kappa shape index (κ1) is 21.7. The van der Waals surface area contributed by atoms with Crippen molar-refractivity contribution in [1.29, 1.82) is 0 Å². The van der Waals surface area contributed by atoms with Crippen LogP contribution in [0.5, 0.6) is 11.5 Å². The molecule has 0 spiro atoms. The van der Waals surface area contributed by atoms with Crippen LogP contribution < -0.4 is 14.8 Å². The number of carbonyl (C=O) groups excluding carboxylic acids is 1. The van der Waals surface area contributed by atoms with Crippen LogP contribution in [0.15, 0.2) is 66.7 Å². The molecule has 4 rings (SSSR count). The van der Waals surface area contributed by atoms with Crippen LogP contribution in [0.4, 0.5) is 18.9 Å². The molecule has 3 aromatic carbocycles. The molecule has 0 atom stereocenters. The number of amides is 1. The summed E-state index contributed by atoms with van der Waals surface area (Å²) in [5.74, 6) is 0.933. The van der Waals surface area contributed by atoms with E-state index in [0.29, 0.717) is 11.3 Å². The van der Waals surface area contributed by atoms with Gasteiger partial charge in [-0.1, -0.05) is 30.3 Å². The van der Waals surface area contributed by atoms with E-state index in [1.165, 1.54) is 12.1 Å². The first-order chi connectivity index (χ1) is 15.1. The van der Waals surface area contributed by atoms with E-state index in [1.54, 1.807) is 24.3 Å². The fourth-order valence-electron chi connectivity index (χ4n) is 3.59. The maximum absolute atomic E-state index is 12.8. The van der Waals surface area contributed by atoms with Crippen LogP contribution in [0, 0.1) is 0 Å². The van der Waals surface area contributed by atoms with Crippen LogP contribution in [0.3, 0.4) is 0 Å². The van der Waals surface area contributed by atoms with Gasteiger partial charge in [-0.2, -0.15) is 13.2 Å². The van der Waals surface area contributed by atoms with Gasteiger partial charge in [0.2, 0.25) is 0 Å². The quantitative estimate of drug-likeness (QED) is 0.509. The van der Waals surface area contributed by atoms with Crippen LogP contribution in [0.2, 0.25) is 0 Å². The molecule has 0 radical (unpaired) electrons. The molecule has 0 saturated carbocycles. The normalized spacial score (nSPS) is 14.4. The summed E-state index contributed by atoms with van der Waals surface area (Å²) in [7, 11) is 0. The number of nitrogens with one attached hydrogen (secondary N) is 1. The number of benzene rings is 3. The summed E-state index contributed by atoms with van der Waals surface area (Å²) in [5.41, 5.74) is 1.28. The van der Waals surface area contributed by atoms with Crippen LogP contribution in [0.25, 0.3) is 0 Å². The van der Waals surface area contributed by atoms with Crippen LogP contribution in [-0.2, 0) is 19.2 Å². The van der Waals surface area contributed by atoms with E-state index in [0.717, 1.165) is 35.4 Å². The molecule has 1 aliphatic heterocycles. The molecule has 7 heteroatoms. The fourth-order valence-corrected chi connectivity index (χ4v) is 3.59. The van der Waals surface area contributed by atoms with E-state index in [9.17, 15) is 18.0 Å². The van der Waals surface area contributed by atoms with E-state index >= 15 is 0 Å². The van der Waals surface area contributed by atoms with Crippen molar-refractivity contribution in [1.82, 2.24) is 0 Å². The van der Waals surface area contributed by atoms with Gasteiger partial charge in [0, 0.05) is 23.2 Å². The van der Waals surface area contributed by atoms with Gasteiger partial charge in [0.25, 0.3) is 5.91 Å². The molecule has 1 N–H and O–H groups in total. The van der Waals surface area contributed by atoms with Crippen LogP contribution in [0.1, 0.15) is 40.9 Å². The molecule has 0 fully saturated rings. The van der Waals surface area contributed by atoms with Gasteiger partial charge >= 0.3 is 6.18 Å². The number of hydrogen-bond acceptors (Lipinski definition) is 3. The molecule has 3 aromatic rings. The zero-order valence-corrected chi connectivity index (χ0v) is 17.6. The van der Waals surface area contributed by atoms with Crippen LogP contribution in [-0.4, -0.2) is 11.5 Å². The molecule has 4 nitrogen and oxygen atoms in total. The molecule has 0 unspecified atom stereocenters. The number of rotatable bonds is 5. The fraction of sp³-hybridized carbons (Fsp3) is 0.240. The molecule has 1 amide bonds. The van der Waals surface area contributed by atoms with Gasteiger partial charge in [-0.15, -0.1) is 0 Å². The van der Waals surface area contributed by atoms with E-state index in [-0.39, 0.29) is 17.9 Å². The number of ether oxygens (including phenoxy) is 2. The zero-order chi connectivity index (χ0) is 22.9. The molecule has 1 aliphatic rings. The molecule has 32 heavy (non-hydrogen) atoms. The molecular weight excluding hydrogens is 419 g/mol. The Morgan fingerprint density at radius 2 is 1.78 bits per heavy atom. The Hall–Kier alpha value is -3.48. The number of halogens is 3. The maximum Gasteiger partial charge on any atom is 0.416 e. The summed E-state index contributed by atoms with van der Waals surface area (Å²) in [5, 5.41) is 2.50. The average Bonchev–Trinajstić information content (AvgIpc) is 3.06. The van der Waals surface area contributed by atoms with Gasteiger partial charge < -0.3 is 14.8 Å². The summed E-state index contributed by atoms with van der Waals surface area (Å²) >= 11 is 0. The molecular formula is C25H22F3NO3. The van der Waals surface area contributed by atoms with Crippen molar-refractivity contribution in [3.8, 4) is 11.5 Å². The second-order valence-corrected chi connectivity index (χ2v) is 8.30. The lowest BCUT2D eigenvalue weighted by Crippen LogP contribution is -2.24. The summed E-state index contributed by atoms with van der Waals surface area (Å²) in [6.07, 6.45) is -3.66. The zero-order valence-electron chi connectivity index (χ0n) is 17.6. The Morgan fingerprint density at radius 3 is 2.50 bits per heavy atom. The first-order valence-corrected chi connectivity index (χ1v) is 10.1. The van der Waals surface area contributed by atoms with Crippen molar-refractivity contribution in [3.05, 3.63) is 89.0 Å². The van der Waals surface area contributed by atoms with Crippen molar-refractivity contribution in [2.75, 3.05) is 5.32 Å². The first-order valence-electron chi connectivity index (χ1n) is 10.1. The number of anilines is 1. The number of carbonyl (C=O) groups is 1. The summed E-state index contributed by atoms with van der Waals surface area (Å²) in [6.45, 7) is 4.34. The monoisotopic (exact) mass is 441 g/mol. The third-order valence-electron chi connectivity index (χ3n) is 5.11. The predicted molar refractivity (Wildman–Crippen MR) is 115 cm³/mol. The van der Waals surface area contributed by atoms with Crippen molar-refractivity contribution in [3.63, 3.8) is 0 Å². The summed E-state index contributed by atoms with van der Waals surface area (Å²) in [4.78, 5) is 12.4. The predicted octanol–water partition coefficient (Wildman–Crippen LogP) is 6.25. The number of para-hydroxylation sites is 1. The highest BCUT2D eigenvalue weighted by Crippen LogP contribution is 2.42. The minimum Gasteiger partial charge on any atom is -0.485 e. The molecule has 166 valence electrons. The van der Waals surface area contributed by atoms with Crippen molar-refractivity contribution < 1.29 is 27.4 Å². The van der Waals surface area contributed by atoms with Crippen molar-refractivity contribution in [2.24, 2.45) is 0 Å². The average molecular weight is 441 g/mol. The van der Waals surface area contributed by atoms with E-state index in [1.807, 2.05) is 32.0 Å². The standard InChI is InChI=1S/C25H22F3NO3/c1-24(2)14-18-5-3-8-21(22(18)32-24)31-15-16-9-11-17(12-10-16)23(30)29-20-7-4-6-19(13-20)25(26,27)28/h3-13H,14-15H2,1-2H3,(H,29,30). The van der Waals surface area contributed by atoms with Crippen molar-refractivity contribution in [2.45, 2.75) is 38.7 Å². The summed E-state index contributed by atoms with van der Waals surface area (Å²) in [6, 6.07) is 17.0. The minimum atomic E-state index is -4.47. The Bertz CT molecular complexity index is 1140.